The van der Waals surface area contributed by atoms with Crippen LogP contribution in [0.2, 0.25) is 5.02 Å². The molecule has 36 heavy (non-hydrogen) atoms. The van der Waals surface area contributed by atoms with E-state index in [9.17, 15) is 5.26 Å². The van der Waals surface area contributed by atoms with Crippen molar-refractivity contribution in [2.45, 2.75) is 26.8 Å². The number of halogens is 1. The van der Waals surface area contributed by atoms with Crippen molar-refractivity contribution in [3.8, 4) is 34.4 Å². The molecule has 0 radical (unpaired) electrons. The number of nitriles is 1. The number of fused-ring (bicyclic) bond motifs is 1. The minimum Gasteiger partial charge on any atom is -0.493 e. The number of rotatable bonds is 6. The standard InChI is InChI=1S/C25H21ClN8O2/c1-4-35-22-17(14(3)34-24-20(13(2)33-34)23(28)31-12-32-24)8-19(26)18(9-27)21(22)15-7-16(11-29-10-15)25-30-5-6-36-25/h5-8,10-12,14H,4H2,1-3H3,(H2,28,31,32). The van der Waals surface area contributed by atoms with Gasteiger partial charge in [0.2, 0.25) is 5.89 Å². The summed E-state index contributed by atoms with van der Waals surface area (Å²) in [6, 6.07) is 5.42. The number of aromatic nitrogens is 6. The third-order valence-electron chi connectivity index (χ3n) is 5.88. The second-order valence-corrected chi connectivity index (χ2v) is 8.44. The van der Waals surface area contributed by atoms with E-state index in [0.717, 1.165) is 5.56 Å². The van der Waals surface area contributed by atoms with Crippen LogP contribution in [-0.2, 0) is 0 Å². The number of hydrogen-bond acceptors (Lipinski definition) is 9. The number of anilines is 1. The maximum atomic E-state index is 10.0. The number of ether oxygens (including phenoxy) is 1. The fraction of sp³-hybridized carbons (Fsp3) is 0.200. The van der Waals surface area contributed by atoms with Gasteiger partial charge in [0, 0.05) is 29.1 Å². The molecule has 0 saturated heterocycles. The Balaban J connectivity index is 1.76. The molecule has 0 amide bonds. The lowest BCUT2D eigenvalue weighted by Gasteiger charge is -2.22. The van der Waals surface area contributed by atoms with E-state index in [1.54, 1.807) is 29.3 Å². The molecule has 4 heterocycles. The average Bonchev–Trinajstić information content (AvgIpc) is 3.53. The van der Waals surface area contributed by atoms with Crippen LogP contribution in [0.3, 0.4) is 0 Å². The summed E-state index contributed by atoms with van der Waals surface area (Å²) < 4.78 is 13.4. The van der Waals surface area contributed by atoms with Gasteiger partial charge in [0.25, 0.3) is 0 Å². The first kappa shape index (κ1) is 23.3. The monoisotopic (exact) mass is 500 g/mol. The number of hydrogen-bond donors (Lipinski definition) is 1. The van der Waals surface area contributed by atoms with Gasteiger partial charge < -0.3 is 14.9 Å². The van der Waals surface area contributed by atoms with Crippen molar-refractivity contribution in [3.63, 3.8) is 0 Å². The maximum absolute atomic E-state index is 10.0. The van der Waals surface area contributed by atoms with Crippen molar-refractivity contribution in [1.29, 1.82) is 5.26 Å². The molecule has 0 saturated carbocycles. The summed E-state index contributed by atoms with van der Waals surface area (Å²) in [4.78, 5) is 17.1. The van der Waals surface area contributed by atoms with E-state index in [-0.39, 0.29) is 16.6 Å². The fourth-order valence-corrected chi connectivity index (χ4v) is 4.53. The Kier molecular flexibility index (Phi) is 6.00. The molecule has 4 aromatic heterocycles. The predicted molar refractivity (Wildman–Crippen MR) is 134 cm³/mol. The maximum Gasteiger partial charge on any atom is 0.227 e. The lowest BCUT2D eigenvalue weighted by Crippen LogP contribution is -2.13. The molecule has 10 nitrogen and oxygen atoms in total. The molecule has 1 aromatic carbocycles. The second kappa shape index (κ2) is 9.28. The van der Waals surface area contributed by atoms with Crippen molar-refractivity contribution in [1.82, 2.24) is 29.7 Å². The van der Waals surface area contributed by atoms with Gasteiger partial charge in [-0.1, -0.05) is 11.6 Å². The molecule has 0 aliphatic carbocycles. The Morgan fingerprint density at radius 2 is 2.03 bits per heavy atom. The SMILES string of the molecule is CCOc1c(C(C)n2nc(C)c3c(N)ncnc32)cc(Cl)c(C#N)c1-c1cncc(-c2ncco2)c1. The Bertz CT molecular complexity index is 1620. The molecule has 11 heteroatoms. The Labute approximate surface area is 211 Å². The Morgan fingerprint density at radius 1 is 1.22 bits per heavy atom. The van der Waals surface area contributed by atoms with Gasteiger partial charge in [-0.3, -0.25) is 4.98 Å². The second-order valence-electron chi connectivity index (χ2n) is 8.03. The van der Waals surface area contributed by atoms with Gasteiger partial charge in [0.1, 0.15) is 30.2 Å². The van der Waals surface area contributed by atoms with Crippen LogP contribution in [0.5, 0.6) is 5.75 Å². The van der Waals surface area contributed by atoms with Gasteiger partial charge in [-0.15, -0.1) is 0 Å². The molecule has 1 atom stereocenters. The van der Waals surface area contributed by atoms with E-state index in [4.69, 9.17) is 26.5 Å². The van der Waals surface area contributed by atoms with Crippen LogP contribution in [0.4, 0.5) is 5.82 Å². The van der Waals surface area contributed by atoms with Crippen LogP contribution in [-0.4, -0.2) is 36.3 Å². The highest BCUT2D eigenvalue weighted by atomic mass is 35.5. The summed E-state index contributed by atoms with van der Waals surface area (Å²) in [7, 11) is 0. The minimum absolute atomic E-state index is 0.274. The summed E-state index contributed by atoms with van der Waals surface area (Å²) in [5.41, 5.74) is 10.2. The normalized spacial score (nSPS) is 12.0. The zero-order valence-corrected chi connectivity index (χ0v) is 20.5. The van der Waals surface area contributed by atoms with E-state index >= 15 is 0 Å². The van der Waals surface area contributed by atoms with E-state index in [2.05, 4.69) is 31.1 Å². The lowest BCUT2D eigenvalue weighted by atomic mass is 9.93. The van der Waals surface area contributed by atoms with Crippen molar-refractivity contribution >= 4 is 28.5 Å². The molecule has 0 aliphatic rings. The zero-order chi connectivity index (χ0) is 25.4. The van der Waals surface area contributed by atoms with E-state index in [1.807, 2.05) is 26.8 Å². The summed E-state index contributed by atoms with van der Waals surface area (Å²) in [5.74, 6) is 1.27. The number of nitrogen functional groups attached to an aromatic ring is 1. The molecule has 180 valence electrons. The van der Waals surface area contributed by atoms with Gasteiger partial charge in [0.15, 0.2) is 5.65 Å². The Hall–Kier alpha value is -4.49. The zero-order valence-electron chi connectivity index (χ0n) is 19.7. The van der Waals surface area contributed by atoms with Gasteiger partial charge in [-0.2, -0.15) is 10.4 Å². The number of nitrogens with zero attached hydrogens (tertiary/aromatic N) is 7. The van der Waals surface area contributed by atoms with E-state index in [0.29, 0.717) is 57.5 Å². The molecule has 0 aliphatic heterocycles. The molecule has 5 aromatic rings. The number of benzene rings is 1. The van der Waals surface area contributed by atoms with Gasteiger partial charge in [-0.25, -0.2) is 19.6 Å². The third-order valence-corrected chi connectivity index (χ3v) is 6.18. The smallest absolute Gasteiger partial charge is 0.227 e. The highest BCUT2D eigenvalue weighted by Gasteiger charge is 2.27. The largest absolute Gasteiger partial charge is 0.493 e. The van der Waals surface area contributed by atoms with Gasteiger partial charge in [-0.05, 0) is 32.9 Å². The molecular weight excluding hydrogens is 480 g/mol. The van der Waals surface area contributed by atoms with Gasteiger partial charge in [0.05, 0.1) is 46.1 Å². The topological polar surface area (TPSA) is 142 Å². The molecule has 1 unspecified atom stereocenters. The molecular formula is C25H21ClN8O2. The Morgan fingerprint density at radius 3 is 2.75 bits per heavy atom. The molecule has 2 N–H and O–H groups in total. The van der Waals surface area contributed by atoms with Crippen molar-refractivity contribution < 1.29 is 9.15 Å². The first-order chi connectivity index (χ1) is 17.4. The van der Waals surface area contributed by atoms with Crippen molar-refractivity contribution in [3.05, 3.63) is 65.2 Å². The predicted octanol–water partition coefficient (Wildman–Crippen LogP) is 4.97. The highest BCUT2D eigenvalue weighted by Crippen LogP contribution is 2.44. The van der Waals surface area contributed by atoms with E-state index in [1.165, 1.54) is 12.6 Å². The number of oxazole rings is 1. The molecule has 5 rings (SSSR count). The van der Waals surface area contributed by atoms with Crippen LogP contribution >= 0.6 is 11.6 Å². The van der Waals surface area contributed by atoms with Crippen LogP contribution in [0, 0.1) is 18.3 Å². The number of pyridine rings is 1. The first-order valence-corrected chi connectivity index (χ1v) is 11.5. The molecule has 0 bridgehead atoms. The molecule has 0 fully saturated rings. The van der Waals surface area contributed by atoms with Crippen LogP contribution < -0.4 is 10.5 Å². The average molecular weight is 501 g/mol. The third kappa shape index (κ3) is 3.79. The van der Waals surface area contributed by atoms with Crippen molar-refractivity contribution in [2.24, 2.45) is 0 Å². The molecule has 0 spiro atoms. The van der Waals surface area contributed by atoms with Crippen LogP contribution in [0.15, 0.2) is 47.7 Å². The van der Waals surface area contributed by atoms with Gasteiger partial charge >= 0.3 is 0 Å². The van der Waals surface area contributed by atoms with Crippen LogP contribution in [0.25, 0.3) is 33.6 Å². The highest BCUT2D eigenvalue weighted by molar-refractivity contribution is 6.32. The summed E-state index contributed by atoms with van der Waals surface area (Å²) in [5, 5.41) is 15.7. The number of nitrogens with two attached hydrogens (primary N) is 1. The summed E-state index contributed by atoms with van der Waals surface area (Å²) in [6.45, 7) is 6.04. The van der Waals surface area contributed by atoms with E-state index < -0.39 is 0 Å². The van der Waals surface area contributed by atoms with Crippen LogP contribution in [0.1, 0.15) is 36.7 Å². The first-order valence-electron chi connectivity index (χ1n) is 11.1. The quantitative estimate of drug-likeness (QED) is 0.342. The lowest BCUT2D eigenvalue weighted by molar-refractivity contribution is 0.333. The fourth-order valence-electron chi connectivity index (χ4n) is 4.28. The summed E-state index contributed by atoms with van der Waals surface area (Å²) >= 11 is 6.67. The van der Waals surface area contributed by atoms with Crippen molar-refractivity contribution in [2.75, 3.05) is 12.3 Å². The summed E-state index contributed by atoms with van der Waals surface area (Å²) in [6.07, 6.45) is 7.73. The number of aryl methyl sites for hydroxylation is 1. The minimum atomic E-state index is -0.371.